The van der Waals surface area contributed by atoms with Crippen molar-refractivity contribution >= 4 is 5.87 Å². The van der Waals surface area contributed by atoms with Crippen LogP contribution in [0.2, 0.25) is 0 Å². The van der Waals surface area contributed by atoms with Gasteiger partial charge in [0.15, 0.2) is 0 Å². The maximum Gasteiger partial charge on any atom is 0.143 e. The quantitative estimate of drug-likeness (QED) is 0.598. The molecule has 0 amide bonds. The van der Waals surface area contributed by atoms with Gasteiger partial charge < -0.3 is 5.41 Å². The van der Waals surface area contributed by atoms with Crippen LogP contribution in [-0.2, 0) is 0 Å². The second-order valence-corrected chi connectivity index (χ2v) is 5.54. The third kappa shape index (κ3) is 3.99. The van der Waals surface area contributed by atoms with Crippen LogP contribution in [0.3, 0.4) is 0 Å². The summed E-state index contributed by atoms with van der Waals surface area (Å²) < 4.78 is 0. The summed E-state index contributed by atoms with van der Waals surface area (Å²) in [6, 6.07) is 25.0. The topological polar surface area (TPSA) is 117 Å². The molecule has 0 saturated heterocycles. The molecule has 0 heterocycles. The van der Waals surface area contributed by atoms with Crippen LogP contribution in [0.15, 0.2) is 77.4 Å². The Hall–Kier alpha value is -4.41. The van der Waals surface area contributed by atoms with Crippen molar-refractivity contribution in [2.24, 2.45) is 0 Å². The summed E-state index contributed by atoms with van der Waals surface area (Å²) in [5.41, 5.74) is 0.782. The SMILES string of the molecule is N#CC(=C=[N-])C(c1ccccc1)C(C(C#N)=C(C#N)C#N)c1ccccc1. The van der Waals surface area contributed by atoms with E-state index in [1.807, 2.05) is 18.0 Å². The molecule has 5 heteroatoms. The summed E-state index contributed by atoms with van der Waals surface area (Å²) in [7, 11) is 0. The average Bonchev–Trinajstić information content (AvgIpc) is 2.74. The van der Waals surface area contributed by atoms with Gasteiger partial charge in [-0.15, -0.1) is 0 Å². The van der Waals surface area contributed by atoms with Crippen molar-refractivity contribution in [1.29, 1.82) is 21.0 Å². The number of hydrogen-bond acceptors (Lipinski definition) is 4. The lowest BCUT2D eigenvalue weighted by atomic mass is 9.73. The molecule has 2 aromatic rings. The van der Waals surface area contributed by atoms with E-state index in [1.165, 1.54) is 0 Å². The predicted molar refractivity (Wildman–Crippen MR) is 99.7 cm³/mol. The molecule has 2 atom stereocenters. The lowest BCUT2D eigenvalue weighted by Crippen LogP contribution is -2.17. The zero-order valence-corrected chi connectivity index (χ0v) is 14.2. The second kappa shape index (κ2) is 9.17. The molecule has 2 aromatic carbocycles. The fourth-order valence-corrected chi connectivity index (χ4v) is 2.96. The van der Waals surface area contributed by atoms with Crippen molar-refractivity contribution < 1.29 is 0 Å². The van der Waals surface area contributed by atoms with Crippen LogP contribution < -0.4 is 0 Å². The lowest BCUT2D eigenvalue weighted by molar-refractivity contribution is 0.699. The third-order valence-electron chi connectivity index (χ3n) is 4.13. The highest BCUT2D eigenvalue weighted by Crippen LogP contribution is 2.43. The van der Waals surface area contributed by atoms with Crippen molar-refractivity contribution in [3.63, 3.8) is 0 Å². The Morgan fingerprint density at radius 3 is 1.52 bits per heavy atom. The van der Waals surface area contributed by atoms with Crippen LogP contribution in [0.5, 0.6) is 0 Å². The van der Waals surface area contributed by atoms with Gasteiger partial charge in [-0.25, -0.2) is 0 Å². The highest BCUT2D eigenvalue weighted by molar-refractivity contribution is 5.70. The first-order valence-corrected chi connectivity index (χ1v) is 7.93. The zero-order valence-electron chi connectivity index (χ0n) is 14.2. The Morgan fingerprint density at radius 1 is 0.667 bits per heavy atom. The van der Waals surface area contributed by atoms with Gasteiger partial charge in [0.25, 0.3) is 0 Å². The van der Waals surface area contributed by atoms with E-state index in [9.17, 15) is 26.5 Å². The molecule has 0 saturated carbocycles. The van der Waals surface area contributed by atoms with E-state index in [0.717, 1.165) is 0 Å². The van der Waals surface area contributed by atoms with E-state index in [-0.39, 0.29) is 16.7 Å². The second-order valence-electron chi connectivity index (χ2n) is 5.54. The van der Waals surface area contributed by atoms with Crippen LogP contribution in [0.25, 0.3) is 5.41 Å². The lowest BCUT2D eigenvalue weighted by Gasteiger charge is -2.27. The summed E-state index contributed by atoms with van der Waals surface area (Å²) in [6.07, 6.45) is 0. The summed E-state index contributed by atoms with van der Waals surface area (Å²) in [6.45, 7) is 0. The van der Waals surface area contributed by atoms with Gasteiger partial charge in [-0.2, -0.15) is 21.0 Å². The molecule has 0 fully saturated rings. The molecule has 2 rings (SSSR count). The van der Waals surface area contributed by atoms with E-state index in [4.69, 9.17) is 0 Å². The molecule has 2 unspecified atom stereocenters. The maximum atomic E-state index is 9.73. The van der Waals surface area contributed by atoms with Crippen LogP contribution >= 0.6 is 0 Å². The van der Waals surface area contributed by atoms with Crippen LogP contribution in [0.1, 0.15) is 23.0 Å². The van der Waals surface area contributed by atoms with E-state index in [2.05, 4.69) is 0 Å². The minimum atomic E-state index is -0.817. The van der Waals surface area contributed by atoms with Crippen molar-refractivity contribution in [2.45, 2.75) is 11.8 Å². The van der Waals surface area contributed by atoms with Crippen molar-refractivity contribution in [2.75, 3.05) is 0 Å². The Morgan fingerprint density at radius 2 is 1.15 bits per heavy atom. The molecule has 5 nitrogen and oxygen atoms in total. The Labute approximate surface area is 157 Å². The van der Waals surface area contributed by atoms with Crippen LogP contribution in [0.4, 0.5) is 0 Å². The minimum Gasteiger partial charge on any atom is -0.762 e. The Balaban J connectivity index is 2.90. The highest BCUT2D eigenvalue weighted by Gasteiger charge is 2.33. The number of hydrogen-bond donors (Lipinski definition) is 0. The van der Waals surface area contributed by atoms with E-state index in [1.54, 1.807) is 72.8 Å². The first-order valence-electron chi connectivity index (χ1n) is 7.93. The first-order chi connectivity index (χ1) is 13.2. The van der Waals surface area contributed by atoms with Gasteiger partial charge in [0.05, 0.1) is 17.2 Å². The normalized spacial score (nSPS) is 11.3. The van der Waals surface area contributed by atoms with Gasteiger partial charge in [-0.05, 0) is 11.1 Å². The molecule has 126 valence electrons. The molecule has 0 spiro atoms. The van der Waals surface area contributed by atoms with E-state index in [0.29, 0.717) is 11.1 Å². The predicted octanol–water partition coefficient (Wildman–Crippen LogP) is 4.11. The number of nitrogens with zero attached hydrogens (tertiary/aromatic N) is 5. The van der Waals surface area contributed by atoms with Crippen molar-refractivity contribution in [1.82, 2.24) is 0 Å². The molecule has 0 aromatic heterocycles. The zero-order chi connectivity index (χ0) is 19.6. The molecule has 0 radical (unpaired) electrons. The average molecular weight is 346 g/mol. The fourth-order valence-electron chi connectivity index (χ4n) is 2.96. The van der Waals surface area contributed by atoms with Gasteiger partial charge in [-0.3, -0.25) is 5.87 Å². The summed E-state index contributed by atoms with van der Waals surface area (Å²) in [4.78, 5) is 0. The van der Waals surface area contributed by atoms with Gasteiger partial charge in [0, 0.05) is 11.8 Å². The monoisotopic (exact) mass is 346 g/mol. The van der Waals surface area contributed by atoms with Crippen molar-refractivity contribution in [3.8, 4) is 24.3 Å². The first kappa shape index (κ1) is 18.9. The Kier molecular flexibility index (Phi) is 6.43. The molecular formula is C22H12N5-. The van der Waals surface area contributed by atoms with Gasteiger partial charge >= 0.3 is 0 Å². The third-order valence-corrected chi connectivity index (χ3v) is 4.13. The smallest absolute Gasteiger partial charge is 0.143 e. The molecule has 0 aliphatic carbocycles. The number of rotatable bonds is 5. The molecular weight excluding hydrogens is 334 g/mol. The Bertz CT molecular complexity index is 1050. The number of allylic oxidation sites excluding steroid dienone is 3. The number of nitriles is 4. The fraction of sp³-hybridized carbons (Fsp3) is 0.0909. The molecule has 0 bridgehead atoms. The largest absolute Gasteiger partial charge is 0.762 e. The minimum absolute atomic E-state index is 0.0666. The van der Waals surface area contributed by atoms with Crippen LogP contribution in [0, 0.1) is 45.3 Å². The molecule has 0 aliphatic rings. The number of benzene rings is 2. The van der Waals surface area contributed by atoms with Gasteiger partial charge in [-0.1, -0.05) is 60.7 Å². The summed E-state index contributed by atoms with van der Waals surface area (Å²) >= 11 is 0. The van der Waals surface area contributed by atoms with E-state index >= 15 is 0 Å². The van der Waals surface area contributed by atoms with Gasteiger partial charge in [0.1, 0.15) is 23.8 Å². The van der Waals surface area contributed by atoms with Crippen LogP contribution in [-0.4, -0.2) is 5.87 Å². The van der Waals surface area contributed by atoms with E-state index < -0.39 is 11.8 Å². The maximum absolute atomic E-state index is 9.73. The molecule has 0 aliphatic heterocycles. The van der Waals surface area contributed by atoms with Gasteiger partial charge in [0.2, 0.25) is 0 Å². The standard InChI is InChI=1S/C22H12N5/c23-11-18(12-24)20(15-27)22(17-9-5-2-6-10-17)21(19(13-25)14-26)16-7-3-1-4-8-16/h1-10,21-22H/q-1. The van der Waals surface area contributed by atoms with Crippen molar-refractivity contribution in [3.05, 3.63) is 93.9 Å². The summed E-state index contributed by atoms with van der Waals surface area (Å²) in [5, 5.41) is 47.4. The molecule has 27 heavy (non-hydrogen) atoms. The molecule has 0 N–H and O–H groups in total. The summed E-state index contributed by atoms with van der Waals surface area (Å²) in [5.74, 6) is 0.298. The highest BCUT2D eigenvalue weighted by atomic mass is 14.4.